The second-order valence-corrected chi connectivity index (χ2v) is 6.44. The monoisotopic (exact) mass is 319 g/mol. The molecule has 0 spiro atoms. The average molecular weight is 320 g/mol. The molecular formula is C14H23Cl2N3O. The summed E-state index contributed by atoms with van der Waals surface area (Å²) < 4.78 is 0. The molecule has 6 heteroatoms. The molecule has 0 aliphatic rings. The van der Waals surface area contributed by atoms with Gasteiger partial charge in [-0.05, 0) is 32.3 Å². The molecule has 0 bridgehead atoms. The molecule has 4 nitrogen and oxygen atoms in total. The lowest BCUT2D eigenvalue weighted by Crippen LogP contribution is -2.35. The molecule has 1 atom stereocenters. The van der Waals surface area contributed by atoms with Gasteiger partial charge in [0.2, 0.25) is 0 Å². The standard InChI is InChI=1S/C14H23Cl2N3O/c1-5-17-12-10(15)6-11(16)13(19-12)18-8-14(4,20)7-9(2)3/h6,9,20H,5,7-8H2,1-4H3,(H2,17,18,19). The molecule has 0 aliphatic heterocycles. The zero-order valence-corrected chi connectivity index (χ0v) is 13.9. The zero-order chi connectivity index (χ0) is 15.3. The van der Waals surface area contributed by atoms with E-state index in [1.807, 2.05) is 6.92 Å². The minimum atomic E-state index is -0.808. The van der Waals surface area contributed by atoms with Crippen molar-refractivity contribution in [2.45, 2.75) is 39.7 Å². The van der Waals surface area contributed by atoms with E-state index < -0.39 is 5.60 Å². The van der Waals surface area contributed by atoms with E-state index in [1.54, 1.807) is 13.0 Å². The van der Waals surface area contributed by atoms with Crippen molar-refractivity contribution in [1.29, 1.82) is 0 Å². The van der Waals surface area contributed by atoms with Crippen LogP contribution in [0.2, 0.25) is 10.0 Å². The lowest BCUT2D eigenvalue weighted by molar-refractivity contribution is 0.0515. The summed E-state index contributed by atoms with van der Waals surface area (Å²) in [5.41, 5.74) is -0.808. The number of halogens is 2. The molecule has 0 aliphatic carbocycles. The van der Waals surface area contributed by atoms with Crippen LogP contribution in [-0.2, 0) is 0 Å². The van der Waals surface area contributed by atoms with Gasteiger partial charge in [-0.1, -0.05) is 37.0 Å². The van der Waals surface area contributed by atoms with Crippen molar-refractivity contribution in [3.63, 3.8) is 0 Å². The van der Waals surface area contributed by atoms with Crippen LogP contribution in [0, 0.1) is 5.92 Å². The van der Waals surface area contributed by atoms with E-state index in [-0.39, 0.29) is 0 Å². The molecule has 1 unspecified atom stereocenters. The van der Waals surface area contributed by atoms with Gasteiger partial charge in [-0.2, -0.15) is 0 Å². The third-order valence-electron chi connectivity index (χ3n) is 2.76. The first-order chi connectivity index (χ1) is 9.25. The van der Waals surface area contributed by atoms with E-state index >= 15 is 0 Å². The third kappa shape index (κ3) is 5.35. The number of anilines is 2. The van der Waals surface area contributed by atoms with Crippen LogP contribution in [0.1, 0.15) is 34.1 Å². The van der Waals surface area contributed by atoms with Gasteiger partial charge in [0, 0.05) is 13.1 Å². The Balaban J connectivity index is 2.79. The molecular weight excluding hydrogens is 297 g/mol. The summed E-state index contributed by atoms with van der Waals surface area (Å²) in [7, 11) is 0. The van der Waals surface area contributed by atoms with E-state index in [9.17, 15) is 5.11 Å². The third-order valence-corrected chi connectivity index (χ3v) is 3.33. The molecule has 3 N–H and O–H groups in total. The molecule has 0 saturated carbocycles. The van der Waals surface area contributed by atoms with Gasteiger partial charge in [-0.25, -0.2) is 4.98 Å². The van der Waals surface area contributed by atoms with Gasteiger partial charge in [0.05, 0.1) is 15.6 Å². The highest BCUT2D eigenvalue weighted by molar-refractivity contribution is 6.37. The molecule has 1 rings (SSSR count). The summed E-state index contributed by atoms with van der Waals surface area (Å²) in [4.78, 5) is 4.35. The van der Waals surface area contributed by atoms with E-state index in [0.29, 0.717) is 40.6 Å². The Kier molecular flexibility index (Phi) is 6.37. The molecule has 0 amide bonds. The minimum absolute atomic E-state index is 0.380. The SMILES string of the molecule is CCNc1nc(NCC(C)(O)CC(C)C)c(Cl)cc1Cl. The van der Waals surface area contributed by atoms with Crippen LogP contribution in [-0.4, -0.2) is 28.8 Å². The van der Waals surface area contributed by atoms with Gasteiger partial charge in [0.15, 0.2) is 0 Å². The van der Waals surface area contributed by atoms with E-state index in [1.165, 1.54) is 0 Å². The van der Waals surface area contributed by atoms with E-state index in [4.69, 9.17) is 23.2 Å². The van der Waals surface area contributed by atoms with Crippen molar-refractivity contribution < 1.29 is 5.11 Å². The second-order valence-electron chi connectivity index (χ2n) is 5.63. The molecule has 1 aromatic heterocycles. The minimum Gasteiger partial charge on any atom is -0.388 e. The summed E-state index contributed by atoms with van der Waals surface area (Å²) in [6.07, 6.45) is 0.700. The van der Waals surface area contributed by atoms with Gasteiger partial charge in [-0.3, -0.25) is 0 Å². The predicted octanol–water partition coefficient (Wildman–Crippen LogP) is 4.03. The number of hydrogen-bond acceptors (Lipinski definition) is 4. The summed E-state index contributed by atoms with van der Waals surface area (Å²) in [5, 5.41) is 17.4. The zero-order valence-electron chi connectivity index (χ0n) is 12.4. The van der Waals surface area contributed by atoms with Crippen LogP contribution in [0.5, 0.6) is 0 Å². The van der Waals surface area contributed by atoms with Gasteiger partial charge in [0.1, 0.15) is 11.6 Å². The highest BCUT2D eigenvalue weighted by atomic mass is 35.5. The predicted molar refractivity (Wildman–Crippen MR) is 87.0 cm³/mol. The summed E-state index contributed by atoms with van der Waals surface area (Å²) in [6.45, 7) is 9.02. The Bertz CT molecular complexity index is 450. The van der Waals surface area contributed by atoms with Crippen molar-refractivity contribution in [3.8, 4) is 0 Å². The molecule has 20 heavy (non-hydrogen) atoms. The highest BCUT2D eigenvalue weighted by Crippen LogP contribution is 2.29. The highest BCUT2D eigenvalue weighted by Gasteiger charge is 2.22. The Morgan fingerprint density at radius 3 is 2.30 bits per heavy atom. The number of nitrogens with one attached hydrogen (secondary N) is 2. The Hall–Kier alpha value is -0.710. The smallest absolute Gasteiger partial charge is 0.147 e. The Labute approximate surface area is 130 Å². The van der Waals surface area contributed by atoms with Crippen LogP contribution < -0.4 is 10.6 Å². The van der Waals surface area contributed by atoms with Crippen LogP contribution in [0.25, 0.3) is 0 Å². The number of hydrogen-bond donors (Lipinski definition) is 3. The number of pyridine rings is 1. The van der Waals surface area contributed by atoms with Crippen molar-refractivity contribution in [3.05, 3.63) is 16.1 Å². The maximum atomic E-state index is 10.3. The summed E-state index contributed by atoms with van der Waals surface area (Å²) in [6, 6.07) is 1.65. The summed E-state index contributed by atoms with van der Waals surface area (Å²) in [5.74, 6) is 1.53. The van der Waals surface area contributed by atoms with Crippen molar-refractivity contribution in [2.75, 3.05) is 23.7 Å². The van der Waals surface area contributed by atoms with Gasteiger partial charge in [0.25, 0.3) is 0 Å². The number of rotatable bonds is 7. The fraction of sp³-hybridized carbons (Fsp3) is 0.643. The molecule has 0 radical (unpaired) electrons. The maximum Gasteiger partial charge on any atom is 0.147 e. The topological polar surface area (TPSA) is 57.2 Å². The molecule has 0 fully saturated rings. The van der Waals surface area contributed by atoms with Gasteiger partial charge < -0.3 is 15.7 Å². The average Bonchev–Trinajstić information content (AvgIpc) is 2.29. The Morgan fingerprint density at radius 1 is 1.25 bits per heavy atom. The van der Waals surface area contributed by atoms with Crippen molar-refractivity contribution in [1.82, 2.24) is 4.98 Å². The largest absolute Gasteiger partial charge is 0.388 e. The quantitative estimate of drug-likeness (QED) is 0.710. The van der Waals surface area contributed by atoms with Crippen LogP contribution in [0.4, 0.5) is 11.6 Å². The molecule has 0 aromatic carbocycles. The van der Waals surface area contributed by atoms with Crippen LogP contribution in [0.3, 0.4) is 0 Å². The molecule has 114 valence electrons. The fourth-order valence-corrected chi connectivity index (χ4v) is 2.60. The molecule has 1 heterocycles. The molecule has 1 aromatic rings. The van der Waals surface area contributed by atoms with Crippen molar-refractivity contribution >= 4 is 34.8 Å². The fourth-order valence-electron chi connectivity index (χ4n) is 2.11. The Morgan fingerprint density at radius 2 is 1.80 bits per heavy atom. The van der Waals surface area contributed by atoms with Gasteiger partial charge in [-0.15, -0.1) is 0 Å². The van der Waals surface area contributed by atoms with Gasteiger partial charge >= 0.3 is 0 Å². The van der Waals surface area contributed by atoms with E-state index in [2.05, 4.69) is 29.5 Å². The normalized spacial score (nSPS) is 14.2. The van der Waals surface area contributed by atoms with Crippen LogP contribution in [0.15, 0.2) is 6.07 Å². The van der Waals surface area contributed by atoms with E-state index in [0.717, 1.165) is 6.54 Å². The molecule has 0 saturated heterocycles. The first-order valence-corrected chi connectivity index (χ1v) is 7.57. The van der Waals surface area contributed by atoms with Crippen LogP contribution >= 0.6 is 23.2 Å². The number of nitrogens with zero attached hydrogens (tertiary/aromatic N) is 1. The lowest BCUT2D eigenvalue weighted by atomic mass is 9.94. The second kappa shape index (κ2) is 7.34. The summed E-state index contributed by atoms with van der Waals surface area (Å²) >= 11 is 12.2. The first-order valence-electron chi connectivity index (χ1n) is 6.81. The van der Waals surface area contributed by atoms with Crippen molar-refractivity contribution in [2.24, 2.45) is 5.92 Å². The maximum absolute atomic E-state index is 10.3. The lowest BCUT2D eigenvalue weighted by Gasteiger charge is -2.26. The number of aromatic nitrogens is 1. The number of aliphatic hydroxyl groups is 1. The first kappa shape index (κ1) is 17.3.